The highest BCUT2D eigenvalue weighted by atomic mass is 32.1. The molecule has 0 saturated carbocycles. The number of rotatable bonds is 5. The van der Waals surface area contributed by atoms with Crippen molar-refractivity contribution < 1.29 is 4.79 Å². The van der Waals surface area contributed by atoms with E-state index in [1.165, 1.54) is 4.88 Å². The maximum Gasteiger partial charge on any atom is 0.223 e. The van der Waals surface area contributed by atoms with Gasteiger partial charge < -0.3 is 9.88 Å². The second kappa shape index (κ2) is 7.40. The molecule has 3 rings (SSSR count). The van der Waals surface area contributed by atoms with Gasteiger partial charge in [-0.1, -0.05) is 0 Å². The van der Waals surface area contributed by atoms with Gasteiger partial charge in [-0.15, -0.1) is 11.3 Å². The van der Waals surface area contributed by atoms with Gasteiger partial charge in [-0.2, -0.15) is 5.26 Å². The summed E-state index contributed by atoms with van der Waals surface area (Å²) in [6.07, 6.45) is 4.65. The van der Waals surface area contributed by atoms with Crippen LogP contribution in [0.3, 0.4) is 0 Å². The van der Waals surface area contributed by atoms with Crippen LogP contribution in [0.4, 0.5) is 0 Å². The Labute approximate surface area is 139 Å². The van der Waals surface area contributed by atoms with Crippen LogP contribution in [0, 0.1) is 11.3 Å². The SMILES string of the molecule is N#Cc1ccc(CN2CCN(C(=O)CCc3cnc[nH]3)CC2)s1. The van der Waals surface area contributed by atoms with Crippen molar-refractivity contribution in [1.29, 1.82) is 5.26 Å². The number of hydrogen-bond acceptors (Lipinski definition) is 5. The number of amides is 1. The van der Waals surface area contributed by atoms with Gasteiger partial charge >= 0.3 is 0 Å². The third-order valence-corrected chi connectivity index (χ3v) is 5.01. The van der Waals surface area contributed by atoms with Gasteiger partial charge in [0.1, 0.15) is 10.9 Å². The number of H-pyrrole nitrogens is 1. The second-order valence-corrected chi connectivity index (χ2v) is 6.78. The predicted molar refractivity (Wildman–Crippen MR) is 87.8 cm³/mol. The van der Waals surface area contributed by atoms with Crippen LogP contribution in [0.15, 0.2) is 24.7 Å². The van der Waals surface area contributed by atoms with Crippen molar-refractivity contribution in [2.24, 2.45) is 0 Å². The van der Waals surface area contributed by atoms with Gasteiger partial charge in [-0.05, 0) is 18.6 Å². The number of aryl methyl sites for hydroxylation is 1. The zero-order chi connectivity index (χ0) is 16.1. The van der Waals surface area contributed by atoms with Crippen LogP contribution in [-0.4, -0.2) is 51.9 Å². The van der Waals surface area contributed by atoms with Crippen LogP contribution < -0.4 is 0 Å². The second-order valence-electron chi connectivity index (χ2n) is 5.61. The van der Waals surface area contributed by atoms with Crippen molar-refractivity contribution in [2.45, 2.75) is 19.4 Å². The molecule has 1 aliphatic heterocycles. The molecule has 6 nitrogen and oxygen atoms in total. The highest BCUT2D eigenvalue weighted by Crippen LogP contribution is 2.18. The van der Waals surface area contributed by atoms with E-state index in [0.717, 1.165) is 43.3 Å². The van der Waals surface area contributed by atoms with Gasteiger partial charge in [0.25, 0.3) is 0 Å². The molecule has 0 radical (unpaired) electrons. The minimum Gasteiger partial charge on any atom is -0.348 e. The molecule has 1 amide bonds. The maximum absolute atomic E-state index is 12.2. The quantitative estimate of drug-likeness (QED) is 0.904. The van der Waals surface area contributed by atoms with E-state index < -0.39 is 0 Å². The maximum atomic E-state index is 12.2. The lowest BCUT2D eigenvalue weighted by atomic mass is 10.2. The normalized spacial score (nSPS) is 15.5. The molecule has 1 N–H and O–H groups in total. The Kier molecular flexibility index (Phi) is 5.05. The van der Waals surface area contributed by atoms with Crippen LogP contribution >= 0.6 is 11.3 Å². The molecule has 2 aromatic rings. The number of aromatic nitrogens is 2. The standard InChI is InChI=1S/C16H19N5OS/c17-9-14-2-3-15(23-14)11-20-5-7-21(8-6-20)16(22)4-1-13-10-18-12-19-13/h2-3,10,12H,1,4-8,11H2,(H,18,19). The number of nitrogens with zero attached hydrogens (tertiary/aromatic N) is 4. The average Bonchev–Trinajstić information content (AvgIpc) is 3.25. The molecule has 0 aliphatic carbocycles. The van der Waals surface area contributed by atoms with E-state index in [9.17, 15) is 4.79 Å². The number of nitriles is 1. The minimum atomic E-state index is 0.210. The number of hydrogen-bond donors (Lipinski definition) is 1. The van der Waals surface area contributed by atoms with Gasteiger partial charge in [-0.3, -0.25) is 9.69 Å². The predicted octanol–water partition coefficient (Wildman–Crippen LogP) is 1.62. The largest absolute Gasteiger partial charge is 0.348 e. The van der Waals surface area contributed by atoms with Gasteiger partial charge in [0.2, 0.25) is 5.91 Å². The number of carbonyl (C=O) groups excluding carboxylic acids is 1. The summed E-state index contributed by atoms with van der Waals surface area (Å²) in [5.41, 5.74) is 1.00. The van der Waals surface area contributed by atoms with E-state index in [0.29, 0.717) is 12.8 Å². The van der Waals surface area contributed by atoms with E-state index in [4.69, 9.17) is 5.26 Å². The number of imidazole rings is 1. The molecule has 23 heavy (non-hydrogen) atoms. The van der Waals surface area contributed by atoms with Gasteiger partial charge in [0.15, 0.2) is 0 Å². The Morgan fingerprint density at radius 3 is 2.83 bits per heavy atom. The number of piperazine rings is 1. The Bertz CT molecular complexity index is 680. The molecule has 0 bridgehead atoms. The summed E-state index contributed by atoms with van der Waals surface area (Å²) in [6.45, 7) is 4.18. The van der Waals surface area contributed by atoms with E-state index in [2.05, 4.69) is 20.9 Å². The number of aromatic amines is 1. The van der Waals surface area contributed by atoms with Crippen molar-refractivity contribution in [3.63, 3.8) is 0 Å². The fourth-order valence-electron chi connectivity index (χ4n) is 2.72. The summed E-state index contributed by atoms with van der Waals surface area (Å²) in [5.74, 6) is 0.210. The van der Waals surface area contributed by atoms with Crippen molar-refractivity contribution in [3.05, 3.63) is 40.1 Å². The molecule has 7 heteroatoms. The molecular weight excluding hydrogens is 310 g/mol. The minimum absolute atomic E-state index is 0.210. The Morgan fingerprint density at radius 1 is 1.35 bits per heavy atom. The average molecular weight is 329 g/mol. The Morgan fingerprint density at radius 2 is 2.17 bits per heavy atom. The van der Waals surface area contributed by atoms with E-state index in [-0.39, 0.29) is 5.91 Å². The van der Waals surface area contributed by atoms with Crippen LogP contribution in [0.2, 0.25) is 0 Å². The topological polar surface area (TPSA) is 76.0 Å². The first kappa shape index (κ1) is 15.7. The molecular formula is C16H19N5OS. The number of nitrogens with one attached hydrogen (secondary N) is 1. The summed E-state index contributed by atoms with van der Waals surface area (Å²) in [4.78, 5) is 25.5. The number of carbonyl (C=O) groups is 1. The number of thiophene rings is 1. The zero-order valence-corrected chi connectivity index (χ0v) is 13.7. The molecule has 0 aromatic carbocycles. The highest BCUT2D eigenvalue weighted by molar-refractivity contribution is 7.12. The summed E-state index contributed by atoms with van der Waals surface area (Å²) in [6, 6.07) is 6.06. The summed E-state index contributed by atoms with van der Waals surface area (Å²) < 4.78 is 0. The van der Waals surface area contributed by atoms with Crippen LogP contribution in [0.5, 0.6) is 0 Å². The molecule has 1 fully saturated rings. The first-order chi connectivity index (χ1) is 11.2. The highest BCUT2D eigenvalue weighted by Gasteiger charge is 2.21. The van der Waals surface area contributed by atoms with Crippen LogP contribution in [-0.2, 0) is 17.8 Å². The van der Waals surface area contributed by atoms with Gasteiger partial charge in [0.05, 0.1) is 6.33 Å². The third-order valence-electron chi connectivity index (χ3n) is 4.04. The summed E-state index contributed by atoms with van der Waals surface area (Å²) in [5, 5.41) is 8.87. The van der Waals surface area contributed by atoms with E-state index in [1.807, 2.05) is 17.0 Å². The van der Waals surface area contributed by atoms with Crippen molar-refractivity contribution >= 4 is 17.2 Å². The molecule has 120 valence electrons. The fourth-order valence-corrected chi connectivity index (χ4v) is 3.57. The third kappa shape index (κ3) is 4.18. The van der Waals surface area contributed by atoms with Crippen LogP contribution in [0.25, 0.3) is 0 Å². The summed E-state index contributed by atoms with van der Waals surface area (Å²) in [7, 11) is 0. The lowest BCUT2D eigenvalue weighted by Gasteiger charge is -2.34. The van der Waals surface area contributed by atoms with Crippen molar-refractivity contribution in [1.82, 2.24) is 19.8 Å². The van der Waals surface area contributed by atoms with E-state index >= 15 is 0 Å². The molecule has 0 atom stereocenters. The Hall–Kier alpha value is -2.17. The monoisotopic (exact) mass is 329 g/mol. The molecule has 3 heterocycles. The molecule has 1 aliphatic rings. The summed E-state index contributed by atoms with van der Waals surface area (Å²) >= 11 is 1.55. The Balaban J connectivity index is 1.42. The molecule has 0 unspecified atom stereocenters. The van der Waals surface area contributed by atoms with Gasteiger partial charge in [-0.25, -0.2) is 4.98 Å². The molecule has 2 aromatic heterocycles. The molecule has 0 spiro atoms. The van der Waals surface area contributed by atoms with Crippen molar-refractivity contribution in [3.8, 4) is 6.07 Å². The van der Waals surface area contributed by atoms with Gasteiger partial charge in [0, 0.05) is 55.9 Å². The lowest BCUT2D eigenvalue weighted by molar-refractivity contribution is -0.133. The first-order valence-corrected chi connectivity index (χ1v) is 8.52. The van der Waals surface area contributed by atoms with E-state index in [1.54, 1.807) is 23.9 Å². The van der Waals surface area contributed by atoms with Crippen LogP contribution in [0.1, 0.15) is 21.9 Å². The smallest absolute Gasteiger partial charge is 0.223 e. The molecule has 1 saturated heterocycles. The zero-order valence-electron chi connectivity index (χ0n) is 12.9. The van der Waals surface area contributed by atoms with Crippen molar-refractivity contribution in [2.75, 3.05) is 26.2 Å². The fraction of sp³-hybridized carbons (Fsp3) is 0.438. The first-order valence-electron chi connectivity index (χ1n) is 7.71. The lowest BCUT2D eigenvalue weighted by Crippen LogP contribution is -2.48.